The van der Waals surface area contributed by atoms with Gasteiger partial charge in [0.1, 0.15) is 0 Å². The molecule has 0 N–H and O–H groups in total. The fourth-order valence-electron chi connectivity index (χ4n) is 1.59. The Kier molecular flexibility index (Phi) is 3.92. The Morgan fingerprint density at radius 2 is 2.09 bits per heavy atom. The van der Waals surface area contributed by atoms with E-state index in [0.29, 0.717) is 0 Å². The summed E-state index contributed by atoms with van der Waals surface area (Å²) in [5, 5.41) is 0. The van der Waals surface area contributed by atoms with Crippen LogP contribution >= 0.6 is 0 Å². The van der Waals surface area contributed by atoms with Crippen LogP contribution in [0.25, 0.3) is 0 Å². The first-order valence-electron chi connectivity index (χ1n) is 5.01. The van der Waals surface area contributed by atoms with E-state index in [4.69, 9.17) is 0 Å². The Bertz CT molecular complexity index is 92.3. The fraction of sp³-hybridized carbons (Fsp3) is 1.00. The maximum absolute atomic E-state index is 2.40. The highest BCUT2D eigenvalue weighted by molar-refractivity contribution is 4.69. The van der Waals surface area contributed by atoms with Crippen LogP contribution in [0.1, 0.15) is 39.0 Å². The molecular weight excluding hydrogens is 134 g/mol. The zero-order valence-electron chi connectivity index (χ0n) is 7.97. The van der Waals surface area contributed by atoms with E-state index in [2.05, 4.69) is 18.9 Å². The molecule has 0 saturated heterocycles. The monoisotopic (exact) mass is 155 g/mol. The maximum Gasteiger partial charge on any atom is -0.00218 e. The summed E-state index contributed by atoms with van der Waals surface area (Å²) in [6.07, 6.45) is 7.40. The summed E-state index contributed by atoms with van der Waals surface area (Å²) in [6, 6.07) is 0. The second-order valence-electron chi connectivity index (χ2n) is 3.84. The summed E-state index contributed by atoms with van der Waals surface area (Å²) < 4.78 is 0. The van der Waals surface area contributed by atoms with E-state index < -0.39 is 0 Å². The van der Waals surface area contributed by atoms with Gasteiger partial charge in [0, 0.05) is 0 Å². The smallest absolute Gasteiger partial charge is 0.00218 e. The van der Waals surface area contributed by atoms with Crippen LogP contribution in [0.2, 0.25) is 0 Å². The summed E-state index contributed by atoms with van der Waals surface area (Å²) >= 11 is 0. The van der Waals surface area contributed by atoms with Crippen molar-refractivity contribution in [1.29, 1.82) is 0 Å². The largest absolute Gasteiger partial charge is 0.307 e. The Morgan fingerprint density at radius 1 is 1.36 bits per heavy atom. The topological polar surface area (TPSA) is 3.24 Å². The molecule has 11 heavy (non-hydrogen) atoms. The van der Waals surface area contributed by atoms with E-state index in [1.807, 2.05) is 0 Å². The highest BCUT2D eigenvalue weighted by Gasteiger charge is 2.16. The van der Waals surface area contributed by atoms with Crippen molar-refractivity contribution in [2.45, 2.75) is 39.0 Å². The summed E-state index contributed by atoms with van der Waals surface area (Å²) in [4.78, 5) is 2.40. The van der Waals surface area contributed by atoms with Gasteiger partial charge in [-0.25, -0.2) is 0 Å². The molecule has 1 aliphatic carbocycles. The molecule has 0 radical (unpaired) electrons. The van der Waals surface area contributed by atoms with E-state index in [0.717, 1.165) is 5.92 Å². The molecule has 0 heterocycles. The molecule has 0 aromatic carbocycles. The minimum atomic E-state index is 1.10. The standard InChI is InChI=1S/C10H21N/c1-3-11(2)9-5-8-10-6-4-7-10/h10H,3-9H2,1-2H3. The van der Waals surface area contributed by atoms with Crippen LogP contribution in [0, 0.1) is 5.92 Å². The Hall–Kier alpha value is -0.0400. The zero-order valence-corrected chi connectivity index (χ0v) is 7.97. The summed E-state index contributed by atoms with van der Waals surface area (Å²) in [7, 11) is 2.21. The Morgan fingerprint density at radius 3 is 2.55 bits per heavy atom. The number of hydrogen-bond donors (Lipinski definition) is 0. The fourth-order valence-corrected chi connectivity index (χ4v) is 1.59. The van der Waals surface area contributed by atoms with Gasteiger partial charge in [0.15, 0.2) is 0 Å². The third-order valence-corrected chi connectivity index (χ3v) is 2.92. The van der Waals surface area contributed by atoms with E-state index >= 15 is 0 Å². The molecule has 66 valence electrons. The molecule has 1 aliphatic rings. The molecular formula is C10H21N. The van der Waals surface area contributed by atoms with Crippen LogP contribution in [0.5, 0.6) is 0 Å². The molecule has 0 amide bonds. The second-order valence-corrected chi connectivity index (χ2v) is 3.84. The van der Waals surface area contributed by atoms with Gasteiger partial charge in [-0.3, -0.25) is 0 Å². The van der Waals surface area contributed by atoms with Gasteiger partial charge in [-0.1, -0.05) is 26.2 Å². The quantitative estimate of drug-likeness (QED) is 0.589. The summed E-state index contributed by atoms with van der Waals surface area (Å²) in [6.45, 7) is 4.72. The van der Waals surface area contributed by atoms with E-state index in [1.54, 1.807) is 0 Å². The molecule has 0 aromatic rings. The molecule has 1 heteroatoms. The average Bonchev–Trinajstić information content (AvgIpc) is 1.94. The van der Waals surface area contributed by atoms with Crippen LogP contribution in [-0.4, -0.2) is 25.0 Å². The molecule has 0 spiro atoms. The van der Waals surface area contributed by atoms with E-state index in [1.165, 1.54) is 45.2 Å². The Labute approximate surface area is 70.8 Å². The van der Waals surface area contributed by atoms with Gasteiger partial charge in [0.2, 0.25) is 0 Å². The van der Waals surface area contributed by atoms with Crippen LogP contribution in [0.3, 0.4) is 0 Å². The molecule has 0 bridgehead atoms. The van der Waals surface area contributed by atoms with Gasteiger partial charge < -0.3 is 4.90 Å². The van der Waals surface area contributed by atoms with Gasteiger partial charge in [-0.05, 0) is 38.9 Å². The summed E-state index contributed by atoms with van der Waals surface area (Å²) in [5.74, 6) is 1.10. The normalized spacial score (nSPS) is 18.8. The van der Waals surface area contributed by atoms with E-state index in [-0.39, 0.29) is 0 Å². The van der Waals surface area contributed by atoms with Crippen LogP contribution in [0.15, 0.2) is 0 Å². The van der Waals surface area contributed by atoms with E-state index in [9.17, 15) is 0 Å². The third-order valence-electron chi connectivity index (χ3n) is 2.92. The van der Waals surface area contributed by atoms with Crippen molar-refractivity contribution in [3.05, 3.63) is 0 Å². The summed E-state index contributed by atoms with van der Waals surface area (Å²) in [5.41, 5.74) is 0. The minimum absolute atomic E-state index is 1.10. The molecule has 1 fully saturated rings. The van der Waals surface area contributed by atoms with Gasteiger partial charge in [0.25, 0.3) is 0 Å². The van der Waals surface area contributed by atoms with Gasteiger partial charge in [-0.15, -0.1) is 0 Å². The van der Waals surface area contributed by atoms with Crippen molar-refractivity contribution in [2.75, 3.05) is 20.1 Å². The van der Waals surface area contributed by atoms with Crippen molar-refractivity contribution in [2.24, 2.45) is 5.92 Å². The predicted octanol–water partition coefficient (Wildman–Crippen LogP) is 2.52. The minimum Gasteiger partial charge on any atom is -0.307 e. The highest BCUT2D eigenvalue weighted by atomic mass is 15.1. The zero-order chi connectivity index (χ0) is 8.10. The number of nitrogens with zero attached hydrogens (tertiary/aromatic N) is 1. The maximum atomic E-state index is 2.40. The first-order valence-corrected chi connectivity index (χ1v) is 5.01. The molecule has 0 atom stereocenters. The third kappa shape index (κ3) is 3.24. The van der Waals surface area contributed by atoms with Gasteiger partial charge in [-0.2, -0.15) is 0 Å². The van der Waals surface area contributed by atoms with Crippen molar-refractivity contribution in [3.63, 3.8) is 0 Å². The highest BCUT2D eigenvalue weighted by Crippen LogP contribution is 2.30. The molecule has 1 nitrogen and oxygen atoms in total. The lowest BCUT2D eigenvalue weighted by Crippen LogP contribution is -2.20. The molecule has 1 saturated carbocycles. The lowest BCUT2D eigenvalue weighted by molar-refractivity contribution is 0.263. The first-order chi connectivity index (χ1) is 5.33. The van der Waals surface area contributed by atoms with Crippen LogP contribution in [0.4, 0.5) is 0 Å². The molecule has 0 unspecified atom stereocenters. The van der Waals surface area contributed by atoms with Crippen molar-refractivity contribution in [1.82, 2.24) is 4.90 Å². The predicted molar refractivity (Wildman–Crippen MR) is 49.7 cm³/mol. The van der Waals surface area contributed by atoms with Crippen molar-refractivity contribution in [3.8, 4) is 0 Å². The SMILES string of the molecule is CCN(C)CCCC1CCC1. The average molecular weight is 155 g/mol. The van der Waals surface area contributed by atoms with Crippen molar-refractivity contribution < 1.29 is 0 Å². The molecule has 1 rings (SSSR count). The molecule has 0 aliphatic heterocycles. The molecule has 0 aromatic heterocycles. The lowest BCUT2D eigenvalue weighted by atomic mass is 9.82. The van der Waals surface area contributed by atoms with Crippen LogP contribution in [-0.2, 0) is 0 Å². The van der Waals surface area contributed by atoms with Crippen LogP contribution < -0.4 is 0 Å². The first kappa shape index (κ1) is 9.05. The van der Waals surface area contributed by atoms with Crippen molar-refractivity contribution >= 4 is 0 Å². The Balaban J connectivity index is 1.86. The number of rotatable bonds is 5. The lowest BCUT2D eigenvalue weighted by Gasteiger charge is -2.26. The van der Waals surface area contributed by atoms with Gasteiger partial charge >= 0.3 is 0 Å². The second kappa shape index (κ2) is 4.76. The van der Waals surface area contributed by atoms with Gasteiger partial charge in [0.05, 0.1) is 0 Å². The number of hydrogen-bond acceptors (Lipinski definition) is 1.